The van der Waals surface area contributed by atoms with Gasteiger partial charge < -0.3 is 9.88 Å². The number of aromatic nitrogens is 2. The number of amides is 1. The molecule has 0 radical (unpaired) electrons. The molecule has 0 atom stereocenters. The van der Waals surface area contributed by atoms with Crippen LogP contribution in [-0.2, 0) is 23.1 Å². The van der Waals surface area contributed by atoms with Gasteiger partial charge in [-0.1, -0.05) is 18.2 Å². The summed E-state index contributed by atoms with van der Waals surface area (Å²) < 4.78 is 29.6. The van der Waals surface area contributed by atoms with Gasteiger partial charge in [0.2, 0.25) is 10.0 Å². The summed E-state index contributed by atoms with van der Waals surface area (Å²) in [5.74, 6) is 0.866. The van der Waals surface area contributed by atoms with E-state index < -0.39 is 10.0 Å². The van der Waals surface area contributed by atoms with Gasteiger partial charge >= 0.3 is 0 Å². The number of para-hydroxylation sites is 2. The molecule has 1 heterocycles. The van der Waals surface area contributed by atoms with Gasteiger partial charge in [-0.05, 0) is 56.0 Å². The second-order valence-electron chi connectivity index (χ2n) is 7.27. The number of hydrogen-bond donors (Lipinski definition) is 2. The van der Waals surface area contributed by atoms with E-state index in [1.165, 1.54) is 12.1 Å². The predicted molar refractivity (Wildman–Crippen MR) is 111 cm³/mol. The third-order valence-electron chi connectivity index (χ3n) is 5.12. The summed E-state index contributed by atoms with van der Waals surface area (Å²) >= 11 is 0. The van der Waals surface area contributed by atoms with Crippen molar-refractivity contribution in [3.63, 3.8) is 0 Å². The van der Waals surface area contributed by atoms with Gasteiger partial charge in [0.1, 0.15) is 5.82 Å². The summed E-state index contributed by atoms with van der Waals surface area (Å²) in [6, 6.07) is 13.9. The van der Waals surface area contributed by atoms with Crippen LogP contribution in [0.15, 0.2) is 53.4 Å². The molecule has 29 heavy (non-hydrogen) atoms. The Labute approximate surface area is 170 Å². The smallest absolute Gasteiger partial charge is 0.251 e. The van der Waals surface area contributed by atoms with Crippen LogP contribution in [0.25, 0.3) is 11.0 Å². The number of rotatable bonds is 8. The van der Waals surface area contributed by atoms with Crippen LogP contribution < -0.4 is 10.0 Å². The Bertz CT molecular complexity index is 1150. The summed E-state index contributed by atoms with van der Waals surface area (Å²) in [6.45, 7) is 3.48. The minimum absolute atomic E-state index is 0.103. The predicted octanol–water partition coefficient (Wildman–Crippen LogP) is 2.67. The van der Waals surface area contributed by atoms with Crippen molar-refractivity contribution in [2.45, 2.75) is 37.8 Å². The summed E-state index contributed by atoms with van der Waals surface area (Å²) in [6.07, 6.45) is 2.13. The summed E-state index contributed by atoms with van der Waals surface area (Å²) in [4.78, 5) is 17.3. The summed E-state index contributed by atoms with van der Waals surface area (Å²) in [5.41, 5.74) is 2.21. The lowest BCUT2D eigenvalue weighted by molar-refractivity contribution is 0.0949. The zero-order valence-corrected chi connectivity index (χ0v) is 17.1. The monoisotopic (exact) mass is 412 g/mol. The van der Waals surface area contributed by atoms with Gasteiger partial charge in [-0.2, -0.15) is 0 Å². The molecule has 2 aromatic carbocycles. The van der Waals surface area contributed by atoms with E-state index in [0.29, 0.717) is 18.0 Å². The van der Waals surface area contributed by atoms with Crippen LogP contribution in [0, 0.1) is 5.92 Å². The molecular weight excluding hydrogens is 388 g/mol. The molecule has 0 saturated heterocycles. The molecule has 7 nitrogen and oxygen atoms in total. The number of imidazole rings is 1. The molecule has 1 amide bonds. The van der Waals surface area contributed by atoms with E-state index in [4.69, 9.17) is 0 Å². The Morgan fingerprint density at radius 3 is 2.72 bits per heavy atom. The molecule has 1 aromatic heterocycles. The maximum atomic E-state index is 12.6. The Morgan fingerprint density at radius 1 is 1.17 bits per heavy atom. The van der Waals surface area contributed by atoms with Crippen LogP contribution in [0.1, 0.15) is 35.9 Å². The molecule has 0 bridgehead atoms. The highest BCUT2D eigenvalue weighted by Crippen LogP contribution is 2.28. The van der Waals surface area contributed by atoms with Crippen molar-refractivity contribution in [3.8, 4) is 0 Å². The minimum atomic E-state index is -3.61. The molecule has 8 heteroatoms. The van der Waals surface area contributed by atoms with Crippen molar-refractivity contribution < 1.29 is 13.2 Å². The lowest BCUT2D eigenvalue weighted by Gasteiger charge is -2.10. The van der Waals surface area contributed by atoms with E-state index in [1.807, 2.05) is 31.2 Å². The van der Waals surface area contributed by atoms with Crippen LogP contribution >= 0.6 is 0 Å². The normalized spacial score (nSPS) is 14.2. The third-order valence-corrected chi connectivity index (χ3v) is 6.54. The molecule has 3 aromatic rings. The van der Waals surface area contributed by atoms with E-state index in [1.54, 1.807) is 12.1 Å². The lowest BCUT2D eigenvalue weighted by Crippen LogP contribution is -2.27. The number of benzene rings is 2. The standard InChI is InChI=1S/C21H24N4O3S/c1-2-25-19-9-4-3-8-18(19)24-20(25)14-22-21(26)16-6-5-7-17(12-16)29(27,28)23-13-15-10-11-15/h3-9,12,15,23H,2,10-11,13-14H2,1H3,(H,22,26). The summed E-state index contributed by atoms with van der Waals surface area (Å²) in [5, 5.41) is 2.85. The maximum absolute atomic E-state index is 12.6. The highest BCUT2D eigenvalue weighted by Gasteiger charge is 2.24. The van der Waals surface area contributed by atoms with Crippen molar-refractivity contribution in [2.75, 3.05) is 6.54 Å². The highest BCUT2D eigenvalue weighted by atomic mass is 32.2. The van der Waals surface area contributed by atoms with E-state index in [9.17, 15) is 13.2 Å². The first kappa shape index (κ1) is 19.6. The Balaban J connectivity index is 1.48. The van der Waals surface area contributed by atoms with Crippen molar-refractivity contribution >= 4 is 27.0 Å². The largest absolute Gasteiger partial charge is 0.345 e. The van der Waals surface area contributed by atoms with Crippen LogP contribution in [-0.4, -0.2) is 30.4 Å². The molecule has 0 unspecified atom stereocenters. The van der Waals surface area contributed by atoms with Gasteiger partial charge in [-0.15, -0.1) is 0 Å². The number of sulfonamides is 1. The SMILES string of the molecule is CCn1c(CNC(=O)c2cccc(S(=O)(=O)NCC3CC3)c2)nc2ccccc21. The first-order valence-corrected chi connectivity index (χ1v) is 11.3. The molecule has 1 aliphatic rings. The molecule has 1 aliphatic carbocycles. The Hall–Kier alpha value is -2.71. The van der Waals surface area contributed by atoms with Gasteiger partial charge in [-0.3, -0.25) is 4.79 Å². The average Bonchev–Trinajstić information content (AvgIpc) is 3.50. The van der Waals surface area contributed by atoms with Crippen molar-refractivity contribution in [1.29, 1.82) is 0 Å². The van der Waals surface area contributed by atoms with E-state index >= 15 is 0 Å². The zero-order valence-electron chi connectivity index (χ0n) is 16.3. The number of nitrogens with zero attached hydrogens (tertiary/aromatic N) is 2. The average molecular weight is 413 g/mol. The second-order valence-corrected chi connectivity index (χ2v) is 9.03. The summed E-state index contributed by atoms with van der Waals surface area (Å²) in [7, 11) is -3.61. The fourth-order valence-electron chi connectivity index (χ4n) is 3.31. The minimum Gasteiger partial charge on any atom is -0.345 e. The van der Waals surface area contributed by atoms with E-state index in [2.05, 4.69) is 19.6 Å². The van der Waals surface area contributed by atoms with Crippen LogP contribution in [0.4, 0.5) is 0 Å². The fourth-order valence-corrected chi connectivity index (χ4v) is 4.47. The fraction of sp³-hybridized carbons (Fsp3) is 0.333. The first-order chi connectivity index (χ1) is 14.0. The van der Waals surface area contributed by atoms with Crippen molar-refractivity contribution in [3.05, 3.63) is 59.9 Å². The number of nitrogens with one attached hydrogen (secondary N) is 2. The van der Waals surface area contributed by atoms with Crippen molar-refractivity contribution in [1.82, 2.24) is 19.6 Å². The topological polar surface area (TPSA) is 93.1 Å². The Kier molecular flexibility index (Phi) is 5.38. The number of carbonyl (C=O) groups excluding carboxylic acids is 1. The van der Waals surface area contributed by atoms with Gasteiger partial charge in [0.05, 0.1) is 22.5 Å². The maximum Gasteiger partial charge on any atom is 0.251 e. The number of hydrogen-bond acceptors (Lipinski definition) is 4. The number of carbonyl (C=O) groups is 1. The van der Waals surface area contributed by atoms with Crippen LogP contribution in [0.2, 0.25) is 0 Å². The van der Waals surface area contributed by atoms with Crippen LogP contribution in [0.3, 0.4) is 0 Å². The Morgan fingerprint density at radius 2 is 1.97 bits per heavy atom. The van der Waals surface area contributed by atoms with Gasteiger partial charge in [0, 0.05) is 18.7 Å². The number of fused-ring (bicyclic) bond motifs is 1. The molecule has 1 saturated carbocycles. The van der Waals surface area contributed by atoms with Crippen LogP contribution in [0.5, 0.6) is 0 Å². The first-order valence-electron chi connectivity index (χ1n) is 9.80. The molecule has 0 aliphatic heterocycles. The highest BCUT2D eigenvalue weighted by molar-refractivity contribution is 7.89. The molecule has 2 N–H and O–H groups in total. The van der Waals surface area contributed by atoms with E-state index in [0.717, 1.165) is 36.2 Å². The second kappa shape index (κ2) is 7.96. The van der Waals surface area contributed by atoms with Gasteiger partial charge in [0.15, 0.2) is 0 Å². The molecule has 1 fully saturated rings. The quantitative estimate of drug-likeness (QED) is 0.595. The van der Waals surface area contributed by atoms with E-state index in [-0.39, 0.29) is 17.3 Å². The molecular formula is C21H24N4O3S. The van der Waals surface area contributed by atoms with Gasteiger partial charge in [-0.25, -0.2) is 18.1 Å². The third kappa shape index (κ3) is 4.33. The zero-order chi connectivity index (χ0) is 20.4. The van der Waals surface area contributed by atoms with Crippen molar-refractivity contribution in [2.24, 2.45) is 5.92 Å². The molecule has 152 valence electrons. The van der Waals surface area contributed by atoms with Gasteiger partial charge in [0.25, 0.3) is 5.91 Å². The lowest BCUT2D eigenvalue weighted by atomic mass is 10.2. The molecule has 4 rings (SSSR count). The number of aryl methyl sites for hydroxylation is 1. The molecule has 0 spiro atoms.